The van der Waals surface area contributed by atoms with Gasteiger partial charge in [0.25, 0.3) is 0 Å². The number of nitrogens with one attached hydrogen (secondary N) is 1. The number of rotatable bonds is 13. The zero-order valence-corrected chi connectivity index (χ0v) is 27.1. The highest BCUT2D eigenvalue weighted by Gasteiger charge is 2.36. The van der Waals surface area contributed by atoms with E-state index in [1.165, 1.54) is 11.8 Å². The molecule has 1 unspecified atom stereocenters. The van der Waals surface area contributed by atoms with E-state index in [4.69, 9.17) is 47.5 Å². The van der Waals surface area contributed by atoms with Crippen LogP contribution in [0.2, 0.25) is 10.0 Å². The molecule has 1 aromatic heterocycles. The van der Waals surface area contributed by atoms with E-state index in [1.807, 2.05) is 80.6 Å². The fourth-order valence-electron chi connectivity index (χ4n) is 4.76. The molecule has 0 spiro atoms. The molecule has 5 rings (SSSR count). The fraction of sp³-hybridized carbons (Fsp3) is 0.303. The van der Waals surface area contributed by atoms with Gasteiger partial charge in [0.2, 0.25) is 11.1 Å². The van der Waals surface area contributed by atoms with Crippen molar-refractivity contribution in [3.05, 3.63) is 105 Å². The van der Waals surface area contributed by atoms with Gasteiger partial charge < -0.3 is 19.5 Å². The largest absolute Gasteiger partial charge is 0.490 e. The molecule has 230 valence electrons. The number of aromatic nitrogens is 3. The van der Waals surface area contributed by atoms with Crippen molar-refractivity contribution in [2.45, 2.75) is 57.2 Å². The average Bonchev–Trinajstić information content (AvgIpc) is 3.42. The van der Waals surface area contributed by atoms with Gasteiger partial charge in [0, 0.05) is 27.1 Å². The normalized spacial score (nSPS) is 14.2. The monoisotopic (exact) mass is 652 g/mol. The molecule has 44 heavy (non-hydrogen) atoms. The van der Waals surface area contributed by atoms with Gasteiger partial charge >= 0.3 is 5.97 Å². The number of anilines is 1. The number of benzene rings is 3. The molecule has 1 N–H and O–H groups in total. The van der Waals surface area contributed by atoms with Crippen LogP contribution in [0.25, 0.3) is 0 Å². The summed E-state index contributed by atoms with van der Waals surface area (Å²) in [6, 6.07) is 20.3. The molecule has 2 heterocycles. The lowest BCUT2D eigenvalue weighted by Crippen LogP contribution is -2.30. The summed E-state index contributed by atoms with van der Waals surface area (Å²) in [5.74, 6) is 1.82. The summed E-state index contributed by atoms with van der Waals surface area (Å²) in [5, 5.41) is 9.97. The number of ether oxygens (including phenoxy) is 3. The third-order valence-corrected chi connectivity index (χ3v) is 8.65. The Bertz CT molecular complexity index is 1660. The number of carbonyl (C=O) groups excluding carboxylic acids is 1. The van der Waals surface area contributed by atoms with E-state index in [0.29, 0.717) is 62.9 Å². The summed E-state index contributed by atoms with van der Waals surface area (Å²) in [4.78, 5) is 18.3. The topological polar surface area (TPSA) is 87.5 Å². The van der Waals surface area contributed by atoms with Gasteiger partial charge in [-0.3, -0.25) is 0 Å². The number of halogens is 2. The average molecular weight is 654 g/mol. The predicted octanol–water partition coefficient (Wildman–Crippen LogP) is 8.49. The van der Waals surface area contributed by atoms with Crippen LogP contribution in [-0.2, 0) is 21.9 Å². The highest BCUT2D eigenvalue weighted by molar-refractivity contribution is 7.98. The van der Waals surface area contributed by atoms with Crippen molar-refractivity contribution in [2.75, 3.05) is 18.5 Å². The molecule has 1 atom stereocenters. The number of thioether (sulfide) groups is 1. The molecule has 1 aliphatic rings. The Morgan fingerprint density at radius 1 is 0.977 bits per heavy atom. The summed E-state index contributed by atoms with van der Waals surface area (Å²) < 4.78 is 19.6. The van der Waals surface area contributed by atoms with Crippen LogP contribution in [-0.4, -0.2) is 33.9 Å². The molecule has 3 aromatic carbocycles. The lowest BCUT2D eigenvalue weighted by molar-refractivity contribution is -0.139. The Morgan fingerprint density at radius 2 is 1.70 bits per heavy atom. The van der Waals surface area contributed by atoms with E-state index in [9.17, 15) is 4.79 Å². The van der Waals surface area contributed by atoms with E-state index in [0.717, 1.165) is 29.5 Å². The summed E-state index contributed by atoms with van der Waals surface area (Å²) in [6.45, 7) is 6.85. The second-order valence-corrected chi connectivity index (χ2v) is 11.9. The minimum Gasteiger partial charge on any atom is -0.490 e. The van der Waals surface area contributed by atoms with Gasteiger partial charge in [-0.25, -0.2) is 9.48 Å². The first-order valence-corrected chi connectivity index (χ1v) is 16.2. The minimum atomic E-state index is -0.612. The lowest BCUT2D eigenvalue weighted by Gasteiger charge is -2.28. The maximum atomic E-state index is 13.5. The SMILES string of the molecule is CCCCOC(=O)C1=C(C)Nc2nc(SCc3ccccc3Cl)nn2C1c1ccc(OCc2ccccc2Cl)c(OCC)c1. The minimum absolute atomic E-state index is 0.277. The van der Waals surface area contributed by atoms with Gasteiger partial charge in [-0.2, -0.15) is 4.98 Å². The van der Waals surface area contributed by atoms with Crippen LogP contribution in [0.4, 0.5) is 5.95 Å². The molecule has 8 nitrogen and oxygen atoms in total. The van der Waals surface area contributed by atoms with Crippen molar-refractivity contribution in [1.29, 1.82) is 0 Å². The first-order chi connectivity index (χ1) is 21.4. The first kappa shape index (κ1) is 31.8. The quantitative estimate of drug-likeness (QED) is 0.0874. The molecule has 0 saturated carbocycles. The van der Waals surface area contributed by atoms with Crippen molar-refractivity contribution in [2.24, 2.45) is 0 Å². The molecule has 0 saturated heterocycles. The number of hydrogen-bond acceptors (Lipinski definition) is 8. The van der Waals surface area contributed by atoms with Gasteiger partial charge in [-0.15, -0.1) is 5.10 Å². The number of allylic oxidation sites excluding steroid dienone is 1. The summed E-state index contributed by atoms with van der Waals surface area (Å²) >= 11 is 14.2. The van der Waals surface area contributed by atoms with Gasteiger partial charge in [0.1, 0.15) is 12.6 Å². The number of fused-ring (bicyclic) bond motifs is 1. The van der Waals surface area contributed by atoms with E-state index < -0.39 is 12.0 Å². The first-order valence-electron chi connectivity index (χ1n) is 14.5. The summed E-state index contributed by atoms with van der Waals surface area (Å²) in [7, 11) is 0. The standard InChI is InChI=1S/C33H34Cl2N4O4S/c1-4-6-17-42-31(40)29-21(3)36-32-37-33(44-20-24-12-8-10-14-26(24)35)38-39(32)30(29)22-15-16-27(28(18-22)41-5-2)43-19-23-11-7-9-13-25(23)34/h7-16,18,30H,4-6,17,19-20H2,1-3H3,(H,36,37,38). The van der Waals surface area contributed by atoms with Crippen LogP contribution in [0.15, 0.2) is 83.2 Å². The van der Waals surface area contributed by atoms with E-state index in [-0.39, 0.29) is 6.61 Å². The van der Waals surface area contributed by atoms with Crippen molar-refractivity contribution in [3.63, 3.8) is 0 Å². The smallest absolute Gasteiger partial charge is 0.338 e. The third-order valence-electron chi connectivity index (χ3n) is 7.02. The number of esters is 1. The number of hydrogen-bond donors (Lipinski definition) is 1. The van der Waals surface area contributed by atoms with Crippen molar-refractivity contribution >= 4 is 46.9 Å². The highest BCUT2D eigenvalue weighted by Crippen LogP contribution is 2.40. The van der Waals surface area contributed by atoms with Crippen LogP contribution >= 0.6 is 35.0 Å². The van der Waals surface area contributed by atoms with Crippen LogP contribution < -0.4 is 14.8 Å². The van der Waals surface area contributed by atoms with E-state index in [1.54, 1.807) is 4.68 Å². The molecule has 0 radical (unpaired) electrons. The summed E-state index contributed by atoms with van der Waals surface area (Å²) in [6.07, 6.45) is 1.69. The van der Waals surface area contributed by atoms with E-state index in [2.05, 4.69) is 12.2 Å². The van der Waals surface area contributed by atoms with Gasteiger partial charge in [-0.1, -0.05) is 90.8 Å². The summed E-state index contributed by atoms with van der Waals surface area (Å²) in [5.41, 5.74) is 3.73. The zero-order chi connectivity index (χ0) is 31.1. The maximum absolute atomic E-state index is 13.5. The molecule has 0 aliphatic carbocycles. The second-order valence-electron chi connectivity index (χ2n) is 10.1. The number of unbranched alkanes of at least 4 members (excludes halogenated alkanes) is 1. The van der Waals surface area contributed by atoms with Gasteiger partial charge in [-0.05, 0) is 55.7 Å². The van der Waals surface area contributed by atoms with Gasteiger partial charge in [0.15, 0.2) is 11.5 Å². The fourth-order valence-corrected chi connectivity index (χ4v) is 6.07. The van der Waals surface area contributed by atoms with E-state index >= 15 is 0 Å². The molecule has 0 fully saturated rings. The molecule has 1 aliphatic heterocycles. The molecular formula is C33H34Cl2N4O4S. The Hall–Kier alpha value is -3.66. The van der Waals surface area contributed by atoms with Crippen molar-refractivity contribution in [3.8, 4) is 11.5 Å². The number of nitrogens with zero attached hydrogens (tertiary/aromatic N) is 3. The van der Waals surface area contributed by atoms with Crippen molar-refractivity contribution in [1.82, 2.24) is 14.8 Å². The Morgan fingerprint density at radius 3 is 2.41 bits per heavy atom. The molecule has 0 amide bonds. The predicted molar refractivity (Wildman–Crippen MR) is 175 cm³/mol. The third kappa shape index (κ3) is 7.34. The maximum Gasteiger partial charge on any atom is 0.338 e. The van der Waals surface area contributed by atoms with Crippen LogP contribution in [0.1, 0.15) is 56.3 Å². The Balaban J connectivity index is 1.49. The highest BCUT2D eigenvalue weighted by atomic mass is 35.5. The zero-order valence-electron chi connectivity index (χ0n) is 24.8. The Kier molecular flexibility index (Phi) is 10.7. The lowest BCUT2D eigenvalue weighted by atomic mass is 9.95. The number of carbonyl (C=O) groups is 1. The van der Waals surface area contributed by atoms with Crippen LogP contribution in [0.5, 0.6) is 11.5 Å². The second kappa shape index (κ2) is 14.9. The molecular weight excluding hydrogens is 619 g/mol. The van der Waals surface area contributed by atoms with Crippen molar-refractivity contribution < 1.29 is 19.0 Å². The van der Waals surface area contributed by atoms with Gasteiger partial charge in [0.05, 0.1) is 18.8 Å². The van der Waals surface area contributed by atoms with Crippen LogP contribution in [0, 0.1) is 0 Å². The molecule has 4 aromatic rings. The Labute approximate surface area is 271 Å². The molecule has 11 heteroatoms. The molecule has 0 bridgehead atoms. The van der Waals surface area contributed by atoms with Crippen LogP contribution in [0.3, 0.4) is 0 Å².